The number of carboxylic acid groups (broad SMARTS) is 1. The molecule has 0 amide bonds. The number of nitriles is 1. The van der Waals surface area contributed by atoms with Gasteiger partial charge in [0, 0.05) is 0 Å². The SMILES string of the molecule is CCC(C(=O)O)N(C)CC#N. The van der Waals surface area contributed by atoms with Gasteiger partial charge in [-0.2, -0.15) is 5.26 Å². The molecule has 4 nitrogen and oxygen atoms in total. The molecule has 0 saturated heterocycles. The highest BCUT2D eigenvalue weighted by molar-refractivity contribution is 5.73. The van der Waals surface area contributed by atoms with Crippen LogP contribution in [-0.2, 0) is 4.79 Å². The van der Waals surface area contributed by atoms with Crippen LogP contribution in [0.1, 0.15) is 13.3 Å². The summed E-state index contributed by atoms with van der Waals surface area (Å²) < 4.78 is 0. The molecule has 62 valence electrons. The summed E-state index contributed by atoms with van der Waals surface area (Å²) in [7, 11) is 1.63. The molecule has 0 fully saturated rings. The molecule has 0 aromatic rings. The van der Waals surface area contributed by atoms with Crippen molar-refractivity contribution in [3.63, 3.8) is 0 Å². The van der Waals surface area contributed by atoms with Crippen LogP contribution in [0.3, 0.4) is 0 Å². The van der Waals surface area contributed by atoms with E-state index < -0.39 is 12.0 Å². The maximum atomic E-state index is 10.5. The van der Waals surface area contributed by atoms with E-state index in [2.05, 4.69) is 0 Å². The van der Waals surface area contributed by atoms with Crippen LogP contribution in [0.2, 0.25) is 0 Å². The molecular weight excluding hydrogens is 144 g/mol. The molecule has 1 atom stereocenters. The van der Waals surface area contributed by atoms with E-state index in [1.807, 2.05) is 6.07 Å². The first-order valence-corrected chi connectivity index (χ1v) is 3.43. The third-order valence-electron chi connectivity index (χ3n) is 1.52. The van der Waals surface area contributed by atoms with Crippen molar-refractivity contribution in [1.29, 1.82) is 5.26 Å². The lowest BCUT2D eigenvalue weighted by molar-refractivity contribution is -0.142. The number of carboxylic acids is 1. The fraction of sp³-hybridized carbons (Fsp3) is 0.714. The third-order valence-corrected chi connectivity index (χ3v) is 1.52. The van der Waals surface area contributed by atoms with Crippen molar-refractivity contribution < 1.29 is 9.90 Å². The topological polar surface area (TPSA) is 64.3 Å². The first-order chi connectivity index (χ1) is 5.13. The van der Waals surface area contributed by atoms with Gasteiger partial charge in [-0.1, -0.05) is 6.92 Å². The molecular formula is C7H12N2O2. The molecule has 0 saturated carbocycles. The maximum absolute atomic E-state index is 10.5. The fourth-order valence-corrected chi connectivity index (χ4v) is 0.897. The Morgan fingerprint density at radius 2 is 2.36 bits per heavy atom. The van der Waals surface area contributed by atoms with Gasteiger partial charge in [-0.05, 0) is 13.5 Å². The normalized spacial score (nSPS) is 12.5. The quantitative estimate of drug-likeness (QED) is 0.595. The largest absolute Gasteiger partial charge is 0.480 e. The first kappa shape index (κ1) is 9.92. The number of rotatable bonds is 4. The van der Waals surface area contributed by atoms with Crippen LogP contribution in [0.25, 0.3) is 0 Å². The van der Waals surface area contributed by atoms with Crippen LogP contribution in [-0.4, -0.2) is 35.6 Å². The standard InChI is InChI=1S/C7H12N2O2/c1-3-6(7(10)11)9(2)5-4-8/h6H,3,5H2,1-2H3,(H,10,11). The molecule has 0 aliphatic heterocycles. The number of likely N-dealkylation sites (N-methyl/N-ethyl adjacent to an activating group) is 1. The fourth-order valence-electron chi connectivity index (χ4n) is 0.897. The summed E-state index contributed by atoms with van der Waals surface area (Å²) >= 11 is 0. The van der Waals surface area contributed by atoms with Crippen LogP contribution >= 0.6 is 0 Å². The van der Waals surface area contributed by atoms with Crippen molar-refractivity contribution in [3.8, 4) is 6.07 Å². The van der Waals surface area contributed by atoms with Crippen molar-refractivity contribution in [2.24, 2.45) is 0 Å². The van der Waals surface area contributed by atoms with Crippen LogP contribution < -0.4 is 0 Å². The lowest BCUT2D eigenvalue weighted by atomic mass is 10.2. The predicted molar refractivity (Wildman–Crippen MR) is 40.0 cm³/mol. The predicted octanol–water partition coefficient (Wildman–Crippen LogP) is 0.305. The van der Waals surface area contributed by atoms with E-state index in [0.717, 1.165) is 0 Å². The monoisotopic (exact) mass is 156 g/mol. The van der Waals surface area contributed by atoms with Crippen molar-refractivity contribution in [1.82, 2.24) is 4.90 Å². The highest BCUT2D eigenvalue weighted by Gasteiger charge is 2.19. The van der Waals surface area contributed by atoms with E-state index in [0.29, 0.717) is 6.42 Å². The van der Waals surface area contributed by atoms with Gasteiger partial charge in [-0.25, -0.2) is 0 Å². The van der Waals surface area contributed by atoms with Gasteiger partial charge in [0.05, 0.1) is 12.6 Å². The Labute approximate surface area is 66.0 Å². The minimum absolute atomic E-state index is 0.158. The molecule has 4 heteroatoms. The van der Waals surface area contributed by atoms with E-state index in [1.54, 1.807) is 14.0 Å². The molecule has 1 unspecified atom stereocenters. The van der Waals surface area contributed by atoms with Crippen molar-refractivity contribution in [2.75, 3.05) is 13.6 Å². The van der Waals surface area contributed by atoms with E-state index >= 15 is 0 Å². The minimum atomic E-state index is -0.870. The van der Waals surface area contributed by atoms with Crippen molar-refractivity contribution in [2.45, 2.75) is 19.4 Å². The minimum Gasteiger partial charge on any atom is -0.480 e. The zero-order valence-corrected chi connectivity index (χ0v) is 6.74. The smallest absolute Gasteiger partial charge is 0.320 e. The van der Waals surface area contributed by atoms with E-state index in [9.17, 15) is 4.79 Å². The molecule has 0 aromatic carbocycles. The zero-order chi connectivity index (χ0) is 8.85. The number of carbonyl (C=O) groups is 1. The van der Waals surface area contributed by atoms with Crippen molar-refractivity contribution in [3.05, 3.63) is 0 Å². The summed E-state index contributed by atoms with van der Waals surface area (Å²) in [5, 5.41) is 16.9. The van der Waals surface area contributed by atoms with Gasteiger partial charge in [-0.3, -0.25) is 9.69 Å². The number of aliphatic carboxylic acids is 1. The lowest BCUT2D eigenvalue weighted by Gasteiger charge is -2.19. The molecule has 0 radical (unpaired) electrons. The molecule has 0 aliphatic carbocycles. The van der Waals surface area contributed by atoms with Gasteiger partial charge in [0.15, 0.2) is 0 Å². The Hall–Kier alpha value is -1.08. The molecule has 0 rings (SSSR count). The second-order valence-corrected chi connectivity index (χ2v) is 2.34. The summed E-state index contributed by atoms with van der Waals surface area (Å²) in [6.07, 6.45) is 0.521. The summed E-state index contributed by atoms with van der Waals surface area (Å²) in [6.45, 7) is 1.94. The molecule has 1 N–H and O–H groups in total. The Bertz CT molecular complexity index is 174. The molecule has 11 heavy (non-hydrogen) atoms. The second kappa shape index (κ2) is 4.69. The number of nitrogens with zero attached hydrogens (tertiary/aromatic N) is 2. The van der Waals surface area contributed by atoms with Gasteiger partial charge in [-0.15, -0.1) is 0 Å². The number of hydrogen-bond donors (Lipinski definition) is 1. The molecule has 0 heterocycles. The van der Waals surface area contributed by atoms with Gasteiger partial charge in [0.1, 0.15) is 6.04 Å². The summed E-state index contributed by atoms with van der Waals surface area (Å²) in [5.41, 5.74) is 0. The average Bonchev–Trinajstić information content (AvgIpc) is 1.88. The second-order valence-electron chi connectivity index (χ2n) is 2.34. The Balaban J connectivity index is 4.04. The average molecular weight is 156 g/mol. The van der Waals surface area contributed by atoms with Crippen LogP contribution in [0.4, 0.5) is 0 Å². The summed E-state index contributed by atoms with van der Waals surface area (Å²) in [5.74, 6) is -0.870. The van der Waals surface area contributed by atoms with Crippen molar-refractivity contribution >= 4 is 5.97 Å². The molecule has 0 spiro atoms. The van der Waals surface area contributed by atoms with Gasteiger partial charge >= 0.3 is 5.97 Å². The van der Waals surface area contributed by atoms with Gasteiger partial charge in [0.2, 0.25) is 0 Å². The van der Waals surface area contributed by atoms with Crippen LogP contribution in [0.15, 0.2) is 0 Å². The number of hydrogen-bond acceptors (Lipinski definition) is 3. The van der Waals surface area contributed by atoms with Gasteiger partial charge < -0.3 is 5.11 Å². The Morgan fingerprint density at radius 3 is 2.64 bits per heavy atom. The molecule has 0 aromatic heterocycles. The zero-order valence-electron chi connectivity index (χ0n) is 6.74. The maximum Gasteiger partial charge on any atom is 0.320 e. The lowest BCUT2D eigenvalue weighted by Crippen LogP contribution is -2.37. The van der Waals surface area contributed by atoms with E-state index in [4.69, 9.17) is 10.4 Å². The summed E-state index contributed by atoms with van der Waals surface area (Å²) in [6, 6.07) is 1.37. The van der Waals surface area contributed by atoms with Crippen LogP contribution in [0.5, 0.6) is 0 Å². The van der Waals surface area contributed by atoms with Gasteiger partial charge in [0.25, 0.3) is 0 Å². The van der Waals surface area contributed by atoms with E-state index in [1.165, 1.54) is 4.90 Å². The highest BCUT2D eigenvalue weighted by Crippen LogP contribution is 2.00. The third kappa shape index (κ3) is 3.01. The highest BCUT2D eigenvalue weighted by atomic mass is 16.4. The first-order valence-electron chi connectivity index (χ1n) is 3.43. The molecule has 0 bridgehead atoms. The van der Waals surface area contributed by atoms with Crippen LogP contribution in [0, 0.1) is 11.3 Å². The summed E-state index contributed by atoms with van der Waals surface area (Å²) in [4.78, 5) is 12.0. The molecule has 0 aliphatic rings. The Kier molecular flexibility index (Phi) is 4.23. The Morgan fingerprint density at radius 1 is 1.82 bits per heavy atom. The van der Waals surface area contributed by atoms with E-state index in [-0.39, 0.29) is 6.54 Å².